The van der Waals surface area contributed by atoms with E-state index < -0.39 is 4.92 Å². The number of nitrogens with zero attached hydrogens (tertiary/aromatic N) is 2. The average Bonchev–Trinajstić information content (AvgIpc) is 2.72. The van der Waals surface area contributed by atoms with Crippen LogP contribution in [0.2, 0.25) is 0 Å². The smallest absolute Gasteiger partial charge is 0.271 e. The van der Waals surface area contributed by atoms with Gasteiger partial charge in [-0.15, -0.1) is 0 Å². The predicted octanol–water partition coefficient (Wildman–Crippen LogP) is 1.69. The van der Waals surface area contributed by atoms with Crippen molar-refractivity contribution in [2.24, 2.45) is 0 Å². The molecule has 0 atom stereocenters. The van der Waals surface area contributed by atoms with E-state index >= 15 is 0 Å². The Kier molecular flexibility index (Phi) is 3.27. The van der Waals surface area contributed by atoms with E-state index in [4.69, 9.17) is 0 Å². The van der Waals surface area contributed by atoms with Crippen molar-refractivity contribution in [1.82, 2.24) is 9.88 Å². The van der Waals surface area contributed by atoms with E-state index in [1.807, 2.05) is 13.0 Å². The molecule has 0 spiro atoms. The molecule has 0 saturated heterocycles. The molecule has 0 saturated carbocycles. The molecule has 2 rings (SSSR count). The van der Waals surface area contributed by atoms with Crippen LogP contribution in [-0.4, -0.2) is 21.9 Å². The Morgan fingerprint density at radius 1 is 1.44 bits per heavy atom. The van der Waals surface area contributed by atoms with Crippen molar-refractivity contribution in [3.8, 4) is 0 Å². The number of amides is 1. The highest BCUT2D eigenvalue weighted by molar-refractivity contribution is 5.84. The minimum Gasteiger partial charge on any atom is -0.355 e. The molecule has 94 valence electrons. The standard InChI is InChI=1S/C12H13N3O3/c1-2-13-12(16)8-14-6-5-9-3-4-10(15(17)18)7-11(9)14/h3-7H,2,8H2,1H3,(H,13,16). The number of nitro groups is 1. The van der Waals surface area contributed by atoms with Gasteiger partial charge in [0.1, 0.15) is 6.54 Å². The van der Waals surface area contributed by atoms with Crippen molar-refractivity contribution < 1.29 is 9.72 Å². The van der Waals surface area contributed by atoms with Gasteiger partial charge in [-0.3, -0.25) is 14.9 Å². The summed E-state index contributed by atoms with van der Waals surface area (Å²) in [4.78, 5) is 21.8. The molecule has 0 radical (unpaired) electrons. The number of benzene rings is 1. The largest absolute Gasteiger partial charge is 0.355 e. The molecule has 0 aliphatic rings. The number of nitrogens with one attached hydrogen (secondary N) is 1. The Balaban J connectivity index is 2.36. The summed E-state index contributed by atoms with van der Waals surface area (Å²) in [7, 11) is 0. The van der Waals surface area contributed by atoms with E-state index in [2.05, 4.69) is 5.32 Å². The SMILES string of the molecule is CCNC(=O)Cn1ccc2ccc([N+](=O)[O-])cc21. The normalized spacial score (nSPS) is 10.5. The Hall–Kier alpha value is -2.37. The van der Waals surface area contributed by atoms with Crippen molar-refractivity contribution >= 4 is 22.5 Å². The Labute approximate surface area is 103 Å². The van der Waals surface area contributed by atoms with Crippen molar-refractivity contribution in [3.05, 3.63) is 40.6 Å². The van der Waals surface area contributed by atoms with Gasteiger partial charge < -0.3 is 9.88 Å². The molecular formula is C12H13N3O3. The number of non-ortho nitro benzene ring substituents is 1. The van der Waals surface area contributed by atoms with Crippen molar-refractivity contribution in [2.45, 2.75) is 13.5 Å². The van der Waals surface area contributed by atoms with E-state index in [0.29, 0.717) is 12.1 Å². The summed E-state index contributed by atoms with van der Waals surface area (Å²) in [6, 6.07) is 6.45. The number of carbonyl (C=O) groups excluding carboxylic acids is 1. The summed E-state index contributed by atoms with van der Waals surface area (Å²) < 4.78 is 1.70. The first-order valence-corrected chi connectivity index (χ1v) is 5.62. The van der Waals surface area contributed by atoms with Gasteiger partial charge in [-0.2, -0.15) is 0 Å². The molecule has 2 aromatic rings. The van der Waals surface area contributed by atoms with E-state index in [1.54, 1.807) is 16.8 Å². The molecule has 18 heavy (non-hydrogen) atoms. The lowest BCUT2D eigenvalue weighted by molar-refractivity contribution is -0.384. The lowest BCUT2D eigenvalue weighted by atomic mass is 10.2. The van der Waals surface area contributed by atoms with Gasteiger partial charge in [0, 0.05) is 30.3 Å². The Morgan fingerprint density at radius 2 is 2.22 bits per heavy atom. The van der Waals surface area contributed by atoms with Crippen molar-refractivity contribution in [1.29, 1.82) is 0 Å². The van der Waals surface area contributed by atoms with Gasteiger partial charge in [0.2, 0.25) is 5.91 Å². The van der Waals surface area contributed by atoms with Crippen LogP contribution in [0.4, 0.5) is 5.69 Å². The first kappa shape index (κ1) is 12.1. The van der Waals surface area contributed by atoms with Gasteiger partial charge >= 0.3 is 0 Å². The highest BCUT2D eigenvalue weighted by atomic mass is 16.6. The average molecular weight is 247 g/mol. The van der Waals surface area contributed by atoms with Crippen molar-refractivity contribution in [3.63, 3.8) is 0 Å². The molecule has 1 N–H and O–H groups in total. The molecule has 0 unspecified atom stereocenters. The van der Waals surface area contributed by atoms with Crippen LogP contribution in [0, 0.1) is 10.1 Å². The second-order valence-electron chi connectivity index (χ2n) is 3.90. The molecule has 0 aliphatic carbocycles. The molecule has 0 aliphatic heterocycles. The molecular weight excluding hydrogens is 234 g/mol. The predicted molar refractivity (Wildman–Crippen MR) is 67.3 cm³/mol. The van der Waals surface area contributed by atoms with E-state index in [0.717, 1.165) is 5.39 Å². The van der Waals surface area contributed by atoms with Crippen LogP contribution in [-0.2, 0) is 11.3 Å². The number of likely N-dealkylation sites (N-methyl/N-ethyl adjacent to an activating group) is 1. The van der Waals surface area contributed by atoms with E-state index in [-0.39, 0.29) is 18.1 Å². The maximum absolute atomic E-state index is 11.5. The lowest BCUT2D eigenvalue weighted by Crippen LogP contribution is -2.26. The number of carbonyl (C=O) groups is 1. The number of hydrogen-bond acceptors (Lipinski definition) is 3. The molecule has 1 aromatic heterocycles. The third kappa shape index (κ3) is 2.32. The zero-order chi connectivity index (χ0) is 13.1. The Morgan fingerprint density at radius 3 is 2.89 bits per heavy atom. The zero-order valence-corrected chi connectivity index (χ0v) is 9.92. The fourth-order valence-electron chi connectivity index (χ4n) is 1.83. The number of aromatic nitrogens is 1. The second kappa shape index (κ2) is 4.87. The summed E-state index contributed by atoms with van der Waals surface area (Å²) in [5.74, 6) is -0.110. The molecule has 0 bridgehead atoms. The maximum atomic E-state index is 11.5. The first-order chi connectivity index (χ1) is 8.61. The van der Waals surface area contributed by atoms with Gasteiger partial charge in [-0.05, 0) is 19.1 Å². The molecule has 1 aromatic carbocycles. The zero-order valence-electron chi connectivity index (χ0n) is 9.92. The minimum absolute atomic E-state index is 0.0262. The van der Waals surface area contributed by atoms with Crippen LogP contribution in [0.1, 0.15) is 6.92 Å². The van der Waals surface area contributed by atoms with Gasteiger partial charge in [0.25, 0.3) is 5.69 Å². The van der Waals surface area contributed by atoms with Crippen LogP contribution >= 0.6 is 0 Å². The fraction of sp³-hybridized carbons (Fsp3) is 0.250. The van der Waals surface area contributed by atoms with Gasteiger partial charge in [-0.25, -0.2) is 0 Å². The summed E-state index contributed by atoms with van der Waals surface area (Å²) in [5, 5.41) is 14.3. The first-order valence-electron chi connectivity index (χ1n) is 5.62. The van der Waals surface area contributed by atoms with Crippen molar-refractivity contribution in [2.75, 3.05) is 6.54 Å². The number of rotatable bonds is 4. The number of hydrogen-bond donors (Lipinski definition) is 1. The quantitative estimate of drug-likeness (QED) is 0.659. The van der Waals surface area contributed by atoms with E-state index in [9.17, 15) is 14.9 Å². The monoisotopic (exact) mass is 247 g/mol. The van der Waals surface area contributed by atoms with Crippen LogP contribution in [0.5, 0.6) is 0 Å². The van der Waals surface area contributed by atoms with Gasteiger partial charge in [0.15, 0.2) is 0 Å². The summed E-state index contributed by atoms with van der Waals surface area (Å²) >= 11 is 0. The van der Waals surface area contributed by atoms with Gasteiger partial charge in [0.05, 0.1) is 10.4 Å². The fourth-order valence-corrected chi connectivity index (χ4v) is 1.83. The summed E-state index contributed by atoms with van der Waals surface area (Å²) in [5.41, 5.74) is 0.716. The van der Waals surface area contributed by atoms with Crippen LogP contribution in [0.15, 0.2) is 30.5 Å². The summed E-state index contributed by atoms with van der Waals surface area (Å²) in [6.45, 7) is 2.58. The third-order valence-corrected chi connectivity index (χ3v) is 2.66. The second-order valence-corrected chi connectivity index (χ2v) is 3.90. The molecule has 1 amide bonds. The lowest BCUT2D eigenvalue weighted by Gasteiger charge is -2.05. The maximum Gasteiger partial charge on any atom is 0.271 e. The van der Waals surface area contributed by atoms with E-state index in [1.165, 1.54) is 12.1 Å². The topological polar surface area (TPSA) is 77.2 Å². The molecule has 6 heteroatoms. The van der Waals surface area contributed by atoms with Crippen LogP contribution in [0.3, 0.4) is 0 Å². The van der Waals surface area contributed by atoms with Gasteiger partial charge in [-0.1, -0.05) is 0 Å². The molecule has 0 fully saturated rings. The molecule has 1 heterocycles. The van der Waals surface area contributed by atoms with Crippen LogP contribution in [0.25, 0.3) is 10.9 Å². The number of fused-ring (bicyclic) bond motifs is 1. The highest BCUT2D eigenvalue weighted by Gasteiger charge is 2.10. The Bertz CT molecular complexity index is 604. The number of nitro benzene ring substituents is 1. The highest BCUT2D eigenvalue weighted by Crippen LogP contribution is 2.21. The summed E-state index contributed by atoms with van der Waals surface area (Å²) in [6.07, 6.45) is 1.75. The minimum atomic E-state index is -0.442. The van der Waals surface area contributed by atoms with Crippen LogP contribution < -0.4 is 5.32 Å². The third-order valence-electron chi connectivity index (χ3n) is 2.66. The molecule has 6 nitrogen and oxygen atoms in total.